The SMILES string of the molecule is N=C(CNC(=O)c1cncc(Cc2ccc(Cn3ccccc3=O)cc2F)c1)c1cccc(Cl)c1. The van der Waals surface area contributed by atoms with Crippen LogP contribution in [0.5, 0.6) is 0 Å². The standard InChI is InChI=1S/C27H22ClFN4O2/c28-23-5-3-4-21(13-23)25(30)16-32-27(35)22-11-19(14-31-15-22)10-20-8-7-18(12-24(20)29)17-33-9-2-1-6-26(33)34/h1-9,11-15,30H,10,16-17H2,(H,32,35). The van der Waals surface area contributed by atoms with Gasteiger partial charge in [-0.25, -0.2) is 4.39 Å². The van der Waals surface area contributed by atoms with Gasteiger partial charge in [0.25, 0.3) is 11.5 Å². The fourth-order valence-electron chi connectivity index (χ4n) is 3.60. The summed E-state index contributed by atoms with van der Waals surface area (Å²) in [4.78, 5) is 28.6. The fourth-order valence-corrected chi connectivity index (χ4v) is 3.79. The normalized spacial score (nSPS) is 10.7. The van der Waals surface area contributed by atoms with Gasteiger partial charge in [-0.15, -0.1) is 0 Å². The summed E-state index contributed by atoms with van der Waals surface area (Å²) in [6.07, 6.45) is 4.93. The second-order valence-electron chi connectivity index (χ2n) is 8.02. The Bertz CT molecular complexity index is 1450. The van der Waals surface area contributed by atoms with Crippen LogP contribution in [0.15, 0.2) is 90.1 Å². The summed E-state index contributed by atoms with van der Waals surface area (Å²) in [7, 11) is 0. The summed E-state index contributed by atoms with van der Waals surface area (Å²) >= 11 is 5.96. The third-order valence-electron chi connectivity index (χ3n) is 5.42. The Kier molecular flexibility index (Phi) is 7.48. The number of aromatic nitrogens is 2. The number of benzene rings is 2. The number of halogens is 2. The van der Waals surface area contributed by atoms with Gasteiger partial charge in [0.15, 0.2) is 0 Å². The summed E-state index contributed by atoms with van der Waals surface area (Å²) in [5.74, 6) is -0.772. The van der Waals surface area contributed by atoms with Gasteiger partial charge in [-0.2, -0.15) is 0 Å². The Labute approximate surface area is 206 Å². The van der Waals surface area contributed by atoms with Crippen molar-refractivity contribution in [1.82, 2.24) is 14.9 Å². The molecule has 1 amide bonds. The number of carbonyl (C=O) groups excluding carboxylic acids is 1. The molecular weight excluding hydrogens is 467 g/mol. The Morgan fingerprint density at radius 1 is 1.00 bits per heavy atom. The van der Waals surface area contributed by atoms with Crippen molar-refractivity contribution >= 4 is 23.2 Å². The molecule has 0 bridgehead atoms. The molecule has 0 fully saturated rings. The zero-order valence-electron chi connectivity index (χ0n) is 18.7. The number of nitrogens with zero attached hydrogens (tertiary/aromatic N) is 2. The first-order valence-electron chi connectivity index (χ1n) is 10.9. The monoisotopic (exact) mass is 488 g/mol. The van der Waals surface area contributed by atoms with Gasteiger partial charge in [-0.05, 0) is 52.6 Å². The lowest BCUT2D eigenvalue weighted by Gasteiger charge is -2.10. The molecule has 2 N–H and O–H groups in total. The van der Waals surface area contributed by atoms with E-state index in [0.29, 0.717) is 32.8 Å². The van der Waals surface area contributed by atoms with E-state index in [1.807, 2.05) is 0 Å². The van der Waals surface area contributed by atoms with Crippen molar-refractivity contribution in [2.24, 2.45) is 0 Å². The predicted molar refractivity (Wildman–Crippen MR) is 134 cm³/mol. The average Bonchev–Trinajstić information content (AvgIpc) is 2.85. The molecule has 2 aromatic heterocycles. The van der Waals surface area contributed by atoms with Gasteiger partial charge >= 0.3 is 0 Å². The highest BCUT2D eigenvalue weighted by Gasteiger charge is 2.11. The van der Waals surface area contributed by atoms with E-state index < -0.39 is 5.82 Å². The fraction of sp³-hybridized carbons (Fsp3) is 0.111. The number of amides is 1. The highest BCUT2D eigenvalue weighted by atomic mass is 35.5. The van der Waals surface area contributed by atoms with E-state index in [1.54, 1.807) is 67.0 Å². The molecule has 8 heteroatoms. The van der Waals surface area contributed by atoms with E-state index in [9.17, 15) is 14.0 Å². The Hall–Kier alpha value is -4.10. The average molecular weight is 489 g/mol. The molecule has 0 aliphatic rings. The van der Waals surface area contributed by atoms with Crippen LogP contribution in [0.4, 0.5) is 4.39 Å². The summed E-state index contributed by atoms with van der Waals surface area (Å²) in [5.41, 5.74) is 2.83. The third-order valence-corrected chi connectivity index (χ3v) is 5.65. The van der Waals surface area contributed by atoms with Crippen molar-refractivity contribution in [3.8, 4) is 0 Å². The van der Waals surface area contributed by atoms with Crippen LogP contribution in [0.2, 0.25) is 5.02 Å². The minimum atomic E-state index is -0.392. The highest BCUT2D eigenvalue weighted by Crippen LogP contribution is 2.17. The summed E-state index contributed by atoms with van der Waals surface area (Å²) < 4.78 is 16.3. The predicted octanol–water partition coefficient (Wildman–Crippen LogP) is 4.47. The molecule has 0 atom stereocenters. The lowest BCUT2D eigenvalue weighted by molar-refractivity contribution is 0.0959. The second-order valence-corrected chi connectivity index (χ2v) is 8.46. The summed E-state index contributed by atoms with van der Waals surface area (Å²) in [6, 6.07) is 18.3. The molecule has 2 aromatic carbocycles. The molecule has 4 aromatic rings. The van der Waals surface area contributed by atoms with E-state index in [0.717, 1.165) is 0 Å². The zero-order chi connectivity index (χ0) is 24.8. The topological polar surface area (TPSA) is 87.8 Å². The third kappa shape index (κ3) is 6.28. The molecule has 4 rings (SSSR count). The first-order chi connectivity index (χ1) is 16.9. The smallest absolute Gasteiger partial charge is 0.253 e. The lowest BCUT2D eigenvalue weighted by atomic mass is 10.0. The second kappa shape index (κ2) is 10.9. The van der Waals surface area contributed by atoms with Gasteiger partial charge < -0.3 is 15.3 Å². The van der Waals surface area contributed by atoms with E-state index in [1.165, 1.54) is 22.9 Å². The van der Waals surface area contributed by atoms with Crippen LogP contribution in [0.1, 0.15) is 32.6 Å². The van der Waals surface area contributed by atoms with Gasteiger partial charge in [-0.3, -0.25) is 14.6 Å². The lowest BCUT2D eigenvalue weighted by Crippen LogP contribution is -2.29. The van der Waals surface area contributed by atoms with E-state index in [2.05, 4.69) is 10.3 Å². The van der Waals surface area contributed by atoms with Gasteiger partial charge in [0.1, 0.15) is 5.82 Å². The molecule has 35 heavy (non-hydrogen) atoms. The maximum atomic E-state index is 14.8. The number of rotatable bonds is 8. The molecule has 6 nitrogen and oxygen atoms in total. The first-order valence-corrected chi connectivity index (χ1v) is 11.2. The molecule has 0 radical (unpaired) electrons. The quantitative estimate of drug-likeness (QED) is 0.359. The van der Waals surface area contributed by atoms with Crippen LogP contribution in [0.25, 0.3) is 0 Å². The van der Waals surface area contributed by atoms with E-state index in [4.69, 9.17) is 17.0 Å². The van der Waals surface area contributed by atoms with Crippen molar-refractivity contribution < 1.29 is 9.18 Å². The molecule has 2 heterocycles. The summed E-state index contributed by atoms with van der Waals surface area (Å²) in [6.45, 7) is 0.308. The molecule has 0 saturated heterocycles. The summed E-state index contributed by atoms with van der Waals surface area (Å²) in [5, 5.41) is 11.4. The van der Waals surface area contributed by atoms with Gasteiger partial charge in [-0.1, -0.05) is 41.9 Å². The Balaban J connectivity index is 1.40. The maximum Gasteiger partial charge on any atom is 0.253 e. The van der Waals surface area contributed by atoms with Crippen molar-refractivity contribution in [3.63, 3.8) is 0 Å². The van der Waals surface area contributed by atoms with Crippen LogP contribution in [-0.4, -0.2) is 27.7 Å². The van der Waals surface area contributed by atoms with Crippen molar-refractivity contribution in [2.45, 2.75) is 13.0 Å². The largest absolute Gasteiger partial charge is 0.346 e. The minimum absolute atomic E-state index is 0.0317. The maximum absolute atomic E-state index is 14.8. The minimum Gasteiger partial charge on any atom is -0.346 e. The Morgan fingerprint density at radius 2 is 1.86 bits per heavy atom. The van der Waals surface area contributed by atoms with Gasteiger partial charge in [0, 0.05) is 36.1 Å². The zero-order valence-corrected chi connectivity index (χ0v) is 19.4. The van der Waals surface area contributed by atoms with Crippen molar-refractivity contribution in [2.75, 3.05) is 6.54 Å². The molecule has 0 spiro atoms. The van der Waals surface area contributed by atoms with Crippen molar-refractivity contribution in [3.05, 3.63) is 134 Å². The molecular formula is C27H22ClFN4O2. The number of pyridine rings is 2. The van der Waals surface area contributed by atoms with Crippen LogP contribution < -0.4 is 10.9 Å². The highest BCUT2D eigenvalue weighted by molar-refractivity contribution is 6.31. The molecule has 0 saturated carbocycles. The van der Waals surface area contributed by atoms with Crippen molar-refractivity contribution in [1.29, 1.82) is 5.41 Å². The van der Waals surface area contributed by atoms with Gasteiger partial charge in [0.05, 0.1) is 24.4 Å². The molecule has 0 unspecified atom stereocenters. The van der Waals surface area contributed by atoms with Crippen LogP contribution in [0, 0.1) is 11.2 Å². The molecule has 0 aliphatic carbocycles. The Morgan fingerprint density at radius 3 is 2.63 bits per heavy atom. The molecule has 176 valence electrons. The van der Waals surface area contributed by atoms with E-state index in [-0.39, 0.29) is 36.7 Å². The number of hydrogen-bond donors (Lipinski definition) is 2. The first kappa shape index (κ1) is 24.0. The number of carbonyl (C=O) groups is 1. The molecule has 0 aliphatic heterocycles. The van der Waals surface area contributed by atoms with Crippen LogP contribution in [-0.2, 0) is 13.0 Å². The van der Waals surface area contributed by atoms with E-state index >= 15 is 0 Å². The number of nitrogens with one attached hydrogen (secondary N) is 2. The van der Waals surface area contributed by atoms with Gasteiger partial charge in [0.2, 0.25) is 0 Å². The number of hydrogen-bond acceptors (Lipinski definition) is 4. The van der Waals surface area contributed by atoms with Crippen LogP contribution in [0.3, 0.4) is 0 Å². The van der Waals surface area contributed by atoms with Crippen LogP contribution >= 0.6 is 11.6 Å².